The maximum atomic E-state index is 13.4. The molecule has 0 heterocycles. The lowest BCUT2D eigenvalue weighted by molar-refractivity contribution is 0.621. The highest BCUT2D eigenvalue weighted by atomic mass is 127. The molecular weight excluding hydrogens is 389 g/mol. The molecule has 0 spiro atoms. The van der Waals surface area contributed by atoms with Gasteiger partial charge in [-0.2, -0.15) is 0 Å². The monoisotopic (exact) mass is 396 g/mol. The predicted molar refractivity (Wildman–Crippen MR) is 83.3 cm³/mol. The first-order valence-electron chi connectivity index (χ1n) is 4.94. The van der Waals surface area contributed by atoms with E-state index in [2.05, 4.69) is 5.32 Å². The van der Waals surface area contributed by atoms with E-state index in [0.717, 1.165) is 0 Å². The summed E-state index contributed by atoms with van der Waals surface area (Å²) >= 11 is 13.7. The van der Waals surface area contributed by atoms with Gasteiger partial charge in [0.15, 0.2) is 0 Å². The van der Waals surface area contributed by atoms with Crippen LogP contribution < -0.4 is 11.1 Å². The lowest BCUT2D eigenvalue weighted by Crippen LogP contribution is -1.99. The molecule has 2 nitrogen and oxygen atoms in total. The van der Waals surface area contributed by atoms with Crippen molar-refractivity contribution in [2.45, 2.75) is 0 Å². The number of nitrogens with one attached hydrogen (secondary N) is 1. The Morgan fingerprint density at radius 3 is 2.50 bits per heavy atom. The van der Waals surface area contributed by atoms with Gasteiger partial charge >= 0.3 is 0 Å². The maximum Gasteiger partial charge on any atom is 0.138 e. The van der Waals surface area contributed by atoms with Crippen LogP contribution in [0.3, 0.4) is 0 Å². The van der Waals surface area contributed by atoms with Crippen LogP contribution in [0.4, 0.5) is 21.5 Å². The van der Waals surface area contributed by atoms with E-state index in [9.17, 15) is 4.39 Å². The fourth-order valence-electron chi connectivity index (χ4n) is 1.42. The van der Waals surface area contributed by atoms with Crippen LogP contribution in [0.1, 0.15) is 0 Å². The molecule has 94 valence electrons. The lowest BCUT2D eigenvalue weighted by atomic mass is 10.2. The Morgan fingerprint density at radius 1 is 1.11 bits per heavy atom. The number of nitrogens with two attached hydrogens (primary N) is 1. The van der Waals surface area contributed by atoms with Gasteiger partial charge in [0.05, 0.1) is 30.7 Å². The quantitative estimate of drug-likeness (QED) is 0.549. The molecule has 0 saturated carbocycles. The summed E-state index contributed by atoms with van der Waals surface area (Å²) in [6.07, 6.45) is 0. The molecule has 0 aliphatic rings. The molecule has 3 N–H and O–H groups in total. The topological polar surface area (TPSA) is 38.0 Å². The van der Waals surface area contributed by atoms with E-state index >= 15 is 0 Å². The summed E-state index contributed by atoms with van der Waals surface area (Å²) in [7, 11) is 0. The summed E-state index contributed by atoms with van der Waals surface area (Å²) < 4.78 is 13.9. The van der Waals surface area contributed by atoms with Gasteiger partial charge in [-0.15, -0.1) is 0 Å². The number of hydrogen-bond donors (Lipinski definition) is 2. The van der Waals surface area contributed by atoms with Gasteiger partial charge in [-0.3, -0.25) is 0 Å². The van der Waals surface area contributed by atoms with Crippen molar-refractivity contribution in [1.82, 2.24) is 0 Å². The minimum atomic E-state index is -0.292. The zero-order valence-corrected chi connectivity index (χ0v) is 12.6. The Bertz CT molecular complexity index is 605. The molecule has 2 aromatic carbocycles. The third-order valence-electron chi connectivity index (χ3n) is 2.31. The molecule has 0 saturated heterocycles. The Labute approximate surface area is 127 Å². The second-order valence-corrected chi connectivity index (χ2v) is 5.47. The summed E-state index contributed by atoms with van der Waals surface area (Å²) in [4.78, 5) is 0. The van der Waals surface area contributed by atoms with Crippen molar-refractivity contribution < 1.29 is 4.39 Å². The number of nitrogen functional groups attached to an aromatic ring is 1. The Morgan fingerprint density at radius 2 is 1.78 bits per heavy atom. The van der Waals surface area contributed by atoms with E-state index in [1.54, 1.807) is 24.3 Å². The van der Waals surface area contributed by atoms with Gasteiger partial charge in [-0.1, -0.05) is 29.3 Å². The van der Waals surface area contributed by atoms with E-state index in [-0.39, 0.29) is 5.82 Å². The highest BCUT2D eigenvalue weighted by molar-refractivity contribution is 14.1. The summed E-state index contributed by atoms with van der Waals surface area (Å²) in [6, 6.07) is 7.93. The minimum Gasteiger partial charge on any atom is -0.397 e. The van der Waals surface area contributed by atoms with Crippen molar-refractivity contribution in [3.05, 3.63) is 49.8 Å². The van der Waals surface area contributed by atoms with Crippen LogP contribution in [0.25, 0.3) is 0 Å². The Balaban J connectivity index is 2.40. The average molecular weight is 397 g/mol. The molecule has 2 aromatic rings. The van der Waals surface area contributed by atoms with E-state index in [4.69, 9.17) is 28.9 Å². The first-order valence-corrected chi connectivity index (χ1v) is 6.78. The highest BCUT2D eigenvalue weighted by Gasteiger charge is 2.09. The molecule has 0 aromatic heterocycles. The summed E-state index contributed by atoms with van der Waals surface area (Å²) in [5.74, 6) is -0.292. The van der Waals surface area contributed by atoms with Crippen molar-refractivity contribution in [2.75, 3.05) is 11.1 Å². The van der Waals surface area contributed by atoms with Crippen LogP contribution in [-0.2, 0) is 0 Å². The van der Waals surface area contributed by atoms with Crippen LogP contribution in [-0.4, -0.2) is 0 Å². The molecular formula is C12H8Cl2FIN2. The molecule has 0 atom stereocenters. The first-order chi connectivity index (χ1) is 8.49. The first kappa shape index (κ1) is 13.7. The van der Waals surface area contributed by atoms with E-state index in [0.29, 0.717) is 30.7 Å². The minimum absolute atomic E-state index is 0.292. The molecule has 0 fully saturated rings. The van der Waals surface area contributed by atoms with Crippen molar-refractivity contribution in [3.63, 3.8) is 0 Å². The van der Waals surface area contributed by atoms with Crippen LogP contribution in [0.15, 0.2) is 30.3 Å². The normalized spacial score (nSPS) is 10.4. The van der Waals surface area contributed by atoms with Gasteiger partial charge in [0.25, 0.3) is 0 Å². The maximum absolute atomic E-state index is 13.4. The third-order valence-corrected chi connectivity index (χ3v) is 4.13. The van der Waals surface area contributed by atoms with Gasteiger partial charge in [0, 0.05) is 0 Å². The predicted octanol–water partition coefficient (Wildman–Crippen LogP) is 5.06. The van der Waals surface area contributed by atoms with Crippen LogP contribution >= 0.6 is 45.8 Å². The molecule has 6 heteroatoms. The zero-order valence-electron chi connectivity index (χ0n) is 8.98. The standard InChI is InChI=1S/C12H8Cl2FIN2/c13-6-4-9(17)11(5-7(6)14)18-10-3-1-2-8(15)12(10)16/h1-5,18H,17H2. The largest absolute Gasteiger partial charge is 0.397 e. The van der Waals surface area contributed by atoms with E-state index in [1.165, 1.54) is 6.07 Å². The van der Waals surface area contributed by atoms with E-state index in [1.807, 2.05) is 22.6 Å². The second-order valence-electron chi connectivity index (χ2n) is 3.58. The van der Waals surface area contributed by atoms with Crippen molar-refractivity contribution in [1.29, 1.82) is 0 Å². The molecule has 0 amide bonds. The summed E-state index contributed by atoms with van der Waals surface area (Å²) in [6.45, 7) is 0. The fraction of sp³-hybridized carbons (Fsp3) is 0. The highest BCUT2D eigenvalue weighted by Crippen LogP contribution is 2.33. The summed E-state index contributed by atoms with van der Waals surface area (Å²) in [5, 5.41) is 3.81. The van der Waals surface area contributed by atoms with Gasteiger partial charge < -0.3 is 11.1 Å². The van der Waals surface area contributed by atoms with Crippen LogP contribution in [0.5, 0.6) is 0 Å². The molecule has 18 heavy (non-hydrogen) atoms. The third kappa shape index (κ3) is 2.81. The lowest BCUT2D eigenvalue weighted by Gasteiger charge is -2.12. The van der Waals surface area contributed by atoms with Crippen molar-refractivity contribution in [2.24, 2.45) is 0 Å². The van der Waals surface area contributed by atoms with Crippen LogP contribution in [0.2, 0.25) is 10.0 Å². The fourth-order valence-corrected chi connectivity index (χ4v) is 2.25. The number of benzene rings is 2. The number of halogens is 4. The number of hydrogen-bond acceptors (Lipinski definition) is 2. The number of rotatable bonds is 2. The van der Waals surface area contributed by atoms with Gasteiger partial charge in [-0.25, -0.2) is 4.39 Å². The zero-order chi connectivity index (χ0) is 13.3. The SMILES string of the molecule is Nc1cc(Cl)c(Cl)cc1Nc1cccc(F)c1I. The Kier molecular flexibility index (Phi) is 4.19. The second kappa shape index (κ2) is 5.50. The molecule has 0 aliphatic heterocycles. The summed E-state index contributed by atoms with van der Waals surface area (Å²) in [5.41, 5.74) is 7.49. The van der Waals surface area contributed by atoms with Crippen LogP contribution in [0, 0.1) is 9.39 Å². The van der Waals surface area contributed by atoms with Gasteiger partial charge in [0.1, 0.15) is 5.82 Å². The molecule has 0 aliphatic carbocycles. The van der Waals surface area contributed by atoms with Gasteiger partial charge in [0.2, 0.25) is 0 Å². The smallest absolute Gasteiger partial charge is 0.138 e. The molecule has 2 rings (SSSR count). The molecule has 0 bridgehead atoms. The van der Waals surface area contributed by atoms with Crippen molar-refractivity contribution in [3.8, 4) is 0 Å². The Hall–Kier alpha value is -0.720. The average Bonchev–Trinajstić information content (AvgIpc) is 2.32. The van der Waals surface area contributed by atoms with Gasteiger partial charge in [-0.05, 0) is 46.9 Å². The number of anilines is 3. The molecule has 0 radical (unpaired) electrons. The van der Waals surface area contributed by atoms with Crippen molar-refractivity contribution >= 4 is 62.9 Å². The molecule has 0 unspecified atom stereocenters. The van der Waals surface area contributed by atoms with E-state index < -0.39 is 0 Å².